The van der Waals surface area contributed by atoms with E-state index in [-0.39, 0.29) is 23.1 Å². The number of phenols is 2. The van der Waals surface area contributed by atoms with Crippen LogP contribution in [-0.4, -0.2) is 21.1 Å². The van der Waals surface area contributed by atoms with E-state index >= 15 is 0 Å². The molecule has 1 atom stereocenters. The van der Waals surface area contributed by atoms with E-state index < -0.39 is 5.91 Å². The van der Waals surface area contributed by atoms with Crippen LogP contribution in [0.4, 0.5) is 0 Å². The minimum Gasteiger partial charge on any atom is -0.504 e. The first-order valence-electron chi connectivity index (χ1n) is 6.77. The summed E-state index contributed by atoms with van der Waals surface area (Å²) < 4.78 is 0. The van der Waals surface area contributed by atoms with Gasteiger partial charge in [-0.25, -0.2) is 4.98 Å². The number of nitriles is 1. The molecule has 2 aromatic rings. The van der Waals surface area contributed by atoms with Gasteiger partial charge in [0.05, 0.1) is 11.0 Å². The minimum absolute atomic E-state index is 0.0943. The molecule has 0 fully saturated rings. The molecule has 2 rings (SSSR count). The summed E-state index contributed by atoms with van der Waals surface area (Å²) in [6.45, 7) is 3.69. The van der Waals surface area contributed by atoms with Crippen molar-refractivity contribution in [1.29, 1.82) is 5.26 Å². The van der Waals surface area contributed by atoms with Crippen molar-refractivity contribution >= 4 is 23.3 Å². The Balaban J connectivity index is 2.16. The lowest BCUT2D eigenvalue weighted by Crippen LogP contribution is -2.27. The first-order valence-corrected chi connectivity index (χ1v) is 7.59. The number of aromatic hydroxyl groups is 2. The number of aromatic nitrogens is 1. The summed E-state index contributed by atoms with van der Waals surface area (Å²) in [7, 11) is 0. The fourth-order valence-electron chi connectivity index (χ4n) is 1.87. The molecule has 0 bridgehead atoms. The number of carbonyl (C=O) groups is 1. The second-order valence-electron chi connectivity index (χ2n) is 4.89. The highest BCUT2D eigenvalue weighted by Gasteiger charge is 2.15. The molecule has 1 aromatic carbocycles. The Morgan fingerprint density at radius 3 is 2.74 bits per heavy atom. The maximum absolute atomic E-state index is 12.2. The first-order chi connectivity index (χ1) is 10.9. The normalized spacial score (nSPS) is 12.5. The third kappa shape index (κ3) is 4.08. The molecular formula is C16H15N3O3S. The second kappa shape index (κ2) is 6.94. The van der Waals surface area contributed by atoms with Gasteiger partial charge in [0.25, 0.3) is 5.91 Å². The smallest absolute Gasteiger partial charge is 0.262 e. The van der Waals surface area contributed by atoms with E-state index in [9.17, 15) is 15.0 Å². The van der Waals surface area contributed by atoms with Crippen molar-refractivity contribution in [1.82, 2.24) is 10.3 Å². The Morgan fingerprint density at radius 2 is 2.17 bits per heavy atom. The van der Waals surface area contributed by atoms with E-state index in [0.717, 1.165) is 9.88 Å². The summed E-state index contributed by atoms with van der Waals surface area (Å²) in [5, 5.41) is 31.5. The summed E-state index contributed by atoms with van der Waals surface area (Å²) in [6.07, 6.45) is 3.04. The van der Waals surface area contributed by atoms with Gasteiger partial charge in [0.1, 0.15) is 11.6 Å². The molecule has 1 heterocycles. The van der Waals surface area contributed by atoms with Gasteiger partial charge in [0.15, 0.2) is 11.5 Å². The molecule has 7 heteroatoms. The maximum Gasteiger partial charge on any atom is 0.262 e. The lowest BCUT2D eigenvalue weighted by Gasteiger charge is -2.11. The molecule has 1 unspecified atom stereocenters. The zero-order valence-electron chi connectivity index (χ0n) is 12.6. The van der Waals surface area contributed by atoms with Gasteiger partial charge in [-0.3, -0.25) is 4.79 Å². The zero-order valence-corrected chi connectivity index (χ0v) is 13.4. The van der Waals surface area contributed by atoms with Crippen LogP contribution in [0.3, 0.4) is 0 Å². The SMILES string of the molecule is Cc1ncc(C(C)NC(=O)/C(C#N)=C/c2ccc(O)c(O)c2)s1. The van der Waals surface area contributed by atoms with Crippen molar-refractivity contribution in [2.75, 3.05) is 0 Å². The number of thiazole rings is 1. The molecule has 0 saturated carbocycles. The average molecular weight is 329 g/mol. The number of rotatable bonds is 4. The first kappa shape index (κ1) is 16.5. The number of amides is 1. The van der Waals surface area contributed by atoms with E-state index in [2.05, 4.69) is 10.3 Å². The van der Waals surface area contributed by atoms with Crippen LogP contribution in [-0.2, 0) is 4.79 Å². The minimum atomic E-state index is -0.515. The van der Waals surface area contributed by atoms with Crippen LogP contribution < -0.4 is 5.32 Å². The van der Waals surface area contributed by atoms with Gasteiger partial charge in [-0.2, -0.15) is 5.26 Å². The van der Waals surface area contributed by atoms with Gasteiger partial charge in [0, 0.05) is 11.1 Å². The van der Waals surface area contributed by atoms with Crippen molar-refractivity contribution in [2.24, 2.45) is 0 Å². The standard InChI is InChI=1S/C16H15N3O3S/c1-9(15-8-18-10(2)23-15)19-16(22)12(7-17)5-11-3-4-13(20)14(21)6-11/h3-6,8-9,20-21H,1-2H3,(H,19,22)/b12-5+. The maximum atomic E-state index is 12.2. The lowest BCUT2D eigenvalue weighted by atomic mass is 10.1. The van der Waals surface area contributed by atoms with E-state index in [1.807, 2.05) is 19.9 Å². The Morgan fingerprint density at radius 1 is 1.43 bits per heavy atom. The zero-order chi connectivity index (χ0) is 17.0. The summed E-state index contributed by atoms with van der Waals surface area (Å²) in [5.41, 5.74) is 0.344. The number of nitrogens with one attached hydrogen (secondary N) is 1. The van der Waals surface area contributed by atoms with Crippen molar-refractivity contribution in [3.05, 3.63) is 45.4 Å². The fourth-order valence-corrected chi connectivity index (χ4v) is 2.66. The number of hydrogen-bond acceptors (Lipinski definition) is 6. The third-order valence-corrected chi connectivity index (χ3v) is 4.18. The number of aryl methyl sites for hydroxylation is 1. The molecule has 3 N–H and O–H groups in total. The van der Waals surface area contributed by atoms with Gasteiger partial charge in [0.2, 0.25) is 0 Å². The highest BCUT2D eigenvalue weighted by Crippen LogP contribution is 2.26. The average Bonchev–Trinajstić information content (AvgIpc) is 2.94. The van der Waals surface area contributed by atoms with Crippen LogP contribution in [0, 0.1) is 18.3 Å². The Labute approximate surface area is 137 Å². The van der Waals surface area contributed by atoms with Crippen LogP contribution in [0.1, 0.15) is 28.4 Å². The number of hydrogen-bond donors (Lipinski definition) is 3. The van der Waals surface area contributed by atoms with Crippen LogP contribution in [0.2, 0.25) is 0 Å². The molecule has 0 radical (unpaired) electrons. The van der Waals surface area contributed by atoms with E-state index in [1.54, 1.807) is 6.20 Å². The van der Waals surface area contributed by atoms with Crippen molar-refractivity contribution in [2.45, 2.75) is 19.9 Å². The van der Waals surface area contributed by atoms with Crippen LogP contribution in [0.15, 0.2) is 30.0 Å². The van der Waals surface area contributed by atoms with Gasteiger partial charge >= 0.3 is 0 Å². The molecule has 1 amide bonds. The quantitative estimate of drug-likeness (QED) is 0.454. The summed E-state index contributed by atoms with van der Waals surface area (Å²) in [4.78, 5) is 17.2. The number of benzene rings is 1. The molecule has 0 spiro atoms. The largest absolute Gasteiger partial charge is 0.504 e. The molecule has 1 aromatic heterocycles. The number of phenolic OH excluding ortho intramolecular Hbond substituents is 2. The van der Waals surface area contributed by atoms with E-state index in [1.165, 1.54) is 35.6 Å². The highest BCUT2D eigenvalue weighted by molar-refractivity contribution is 7.11. The number of carbonyl (C=O) groups excluding carboxylic acids is 1. The monoisotopic (exact) mass is 329 g/mol. The highest BCUT2D eigenvalue weighted by atomic mass is 32.1. The molecule has 0 aliphatic rings. The summed E-state index contributed by atoms with van der Waals surface area (Å²) >= 11 is 1.48. The van der Waals surface area contributed by atoms with E-state index in [0.29, 0.717) is 5.56 Å². The number of nitrogens with zero attached hydrogens (tertiary/aromatic N) is 2. The second-order valence-corrected chi connectivity index (χ2v) is 6.16. The summed E-state index contributed by atoms with van der Waals surface area (Å²) in [6, 6.07) is 5.63. The van der Waals surface area contributed by atoms with Crippen molar-refractivity contribution in [3.63, 3.8) is 0 Å². The fraction of sp³-hybridized carbons (Fsp3) is 0.188. The molecule has 118 valence electrons. The van der Waals surface area contributed by atoms with Gasteiger partial charge in [-0.15, -0.1) is 11.3 Å². The third-order valence-electron chi connectivity index (χ3n) is 3.09. The Bertz CT molecular complexity index is 805. The molecule has 0 aliphatic carbocycles. The predicted octanol–water partition coefficient (Wildman–Crippen LogP) is 2.65. The topological polar surface area (TPSA) is 106 Å². The van der Waals surface area contributed by atoms with Gasteiger partial charge < -0.3 is 15.5 Å². The van der Waals surface area contributed by atoms with Gasteiger partial charge in [-0.1, -0.05) is 6.07 Å². The molecule has 0 aliphatic heterocycles. The lowest BCUT2D eigenvalue weighted by molar-refractivity contribution is -0.117. The molecular weight excluding hydrogens is 314 g/mol. The summed E-state index contributed by atoms with van der Waals surface area (Å²) in [5.74, 6) is -1.09. The Kier molecular flexibility index (Phi) is 4.98. The predicted molar refractivity (Wildman–Crippen MR) is 86.8 cm³/mol. The molecule has 0 saturated heterocycles. The van der Waals surface area contributed by atoms with Crippen molar-refractivity contribution in [3.8, 4) is 17.6 Å². The Hall–Kier alpha value is -2.85. The van der Waals surface area contributed by atoms with Crippen LogP contribution >= 0.6 is 11.3 Å². The van der Waals surface area contributed by atoms with Crippen molar-refractivity contribution < 1.29 is 15.0 Å². The van der Waals surface area contributed by atoms with Crippen LogP contribution in [0.5, 0.6) is 11.5 Å². The van der Waals surface area contributed by atoms with Gasteiger partial charge in [-0.05, 0) is 37.6 Å². The molecule has 23 heavy (non-hydrogen) atoms. The molecule has 6 nitrogen and oxygen atoms in total. The van der Waals surface area contributed by atoms with Crippen LogP contribution in [0.25, 0.3) is 6.08 Å². The van der Waals surface area contributed by atoms with E-state index in [4.69, 9.17) is 5.26 Å².